The number of hydrogen-bond donors (Lipinski definition) is 5. The molecule has 6 N–H and O–H groups in total. The van der Waals surface area contributed by atoms with Crippen LogP contribution in [0.25, 0.3) is 10.4 Å². The summed E-state index contributed by atoms with van der Waals surface area (Å²) < 4.78 is 60.3. The number of halogens is 3. The molecule has 3 aliphatic rings. The number of rotatable bonds is 11. The summed E-state index contributed by atoms with van der Waals surface area (Å²) in [4.78, 5) is 91.9. The molecule has 0 saturated carbocycles. The summed E-state index contributed by atoms with van der Waals surface area (Å²) in [6, 6.07) is -1.88. The van der Waals surface area contributed by atoms with Crippen molar-refractivity contribution in [2.75, 3.05) is 0 Å². The monoisotopic (exact) mass is 965 g/mol. The van der Waals surface area contributed by atoms with Crippen molar-refractivity contribution in [3.8, 4) is 0 Å². The number of nitrogens with one attached hydrogen (secondary N) is 4. The zero-order chi connectivity index (χ0) is 51.4. The van der Waals surface area contributed by atoms with E-state index in [0.717, 1.165) is 30.3 Å². The Labute approximate surface area is 389 Å². The van der Waals surface area contributed by atoms with Crippen LogP contribution in [0.15, 0.2) is 52.5 Å². The predicted molar refractivity (Wildman–Crippen MR) is 245 cm³/mol. The number of alkyl halides is 3. The van der Waals surface area contributed by atoms with Gasteiger partial charge in [-0.15, -0.1) is 0 Å². The zero-order valence-corrected chi connectivity index (χ0v) is 40.6. The molecule has 3 aromatic heterocycles. The number of carbonyl (C=O) groups excluding carboxylic acids is 1. The lowest BCUT2D eigenvalue weighted by molar-refractivity contribution is -0.175. The summed E-state index contributed by atoms with van der Waals surface area (Å²) in [6.07, 6.45) is 0.879. The Hall–Kier alpha value is -5.55. The van der Waals surface area contributed by atoms with Crippen molar-refractivity contribution in [2.24, 2.45) is 28.6 Å². The van der Waals surface area contributed by atoms with Gasteiger partial charge in [0.1, 0.15) is 6.23 Å². The van der Waals surface area contributed by atoms with Crippen molar-refractivity contribution in [2.45, 2.75) is 181 Å². The highest BCUT2D eigenvalue weighted by molar-refractivity contribution is 5.82. The second kappa shape index (κ2) is 21.4. The fraction of sp³-hybridized carbons (Fsp3) is 0.705. The van der Waals surface area contributed by atoms with Gasteiger partial charge in [-0.2, -0.15) is 13.2 Å². The number of amides is 1. The molecule has 6 heterocycles. The number of aryl methyl sites for hydroxylation is 3. The Morgan fingerprint density at radius 1 is 0.662 bits per heavy atom. The molecule has 21 nitrogen and oxygen atoms in total. The minimum absolute atomic E-state index is 0.0393. The first-order chi connectivity index (χ1) is 31.7. The van der Waals surface area contributed by atoms with Crippen LogP contribution in [0.5, 0.6) is 0 Å². The van der Waals surface area contributed by atoms with Gasteiger partial charge in [0.2, 0.25) is 0 Å². The van der Waals surface area contributed by atoms with Gasteiger partial charge in [0.05, 0.1) is 34.9 Å². The molecule has 3 aromatic rings. The van der Waals surface area contributed by atoms with Gasteiger partial charge in [-0.25, -0.2) is 14.4 Å². The Bertz CT molecular complexity index is 2690. The third-order valence-electron chi connectivity index (χ3n) is 14.7. The lowest BCUT2D eigenvalue weighted by atomic mass is 9.81. The van der Waals surface area contributed by atoms with Crippen LogP contribution in [-0.4, -0.2) is 75.7 Å². The lowest BCUT2D eigenvalue weighted by Gasteiger charge is -2.31. The number of nitrogens with two attached hydrogens (primary N) is 1. The van der Waals surface area contributed by atoms with Crippen molar-refractivity contribution in [1.29, 1.82) is 0 Å². The highest BCUT2D eigenvalue weighted by Crippen LogP contribution is 2.48. The number of ether oxygens (including phenoxy) is 3. The van der Waals surface area contributed by atoms with Crippen LogP contribution in [0.2, 0.25) is 0 Å². The highest BCUT2D eigenvalue weighted by atomic mass is 19.4. The summed E-state index contributed by atoms with van der Waals surface area (Å²) in [6.45, 7) is 22.2. The molecule has 1 amide bonds. The average Bonchev–Trinajstić information content (AvgIpc) is 3.84. The number of H-pyrrole nitrogens is 3. The molecule has 0 aliphatic carbocycles. The number of azide groups is 1. The number of hydrogen-bond acceptors (Lipinski definition) is 12. The van der Waals surface area contributed by atoms with Crippen molar-refractivity contribution >= 4 is 5.91 Å². The van der Waals surface area contributed by atoms with Crippen molar-refractivity contribution in [3.63, 3.8) is 0 Å². The zero-order valence-electron chi connectivity index (χ0n) is 40.6. The van der Waals surface area contributed by atoms with E-state index in [1.165, 1.54) is 34.6 Å². The minimum Gasteiger partial charge on any atom is -0.351 e. The molecule has 0 aromatic carbocycles. The van der Waals surface area contributed by atoms with E-state index in [9.17, 15) is 46.7 Å². The third-order valence-corrected chi connectivity index (χ3v) is 14.7. The van der Waals surface area contributed by atoms with Crippen LogP contribution in [0.1, 0.15) is 136 Å². The second-order valence-electron chi connectivity index (χ2n) is 17.9. The normalized spacial score (nSPS) is 26.7. The molecule has 0 bridgehead atoms. The number of nitrogens with zero attached hydrogens (tertiary/aromatic N) is 6. The highest BCUT2D eigenvalue weighted by Gasteiger charge is 2.55. The van der Waals surface area contributed by atoms with Gasteiger partial charge in [0.15, 0.2) is 12.5 Å². The molecule has 3 unspecified atom stereocenters. The molecular weight excluding hydrogens is 900 g/mol. The van der Waals surface area contributed by atoms with E-state index in [2.05, 4.69) is 45.7 Å². The summed E-state index contributed by atoms with van der Waals surface area (Å²) in [5.41, 5.74) is 11.4. The van der Waals surface area contributed by atoms with Crippen molar-refractivity contribution in [1.82, 2.24) is 34.0 Å². The van der Waals surface area contributed by atoms with Gasteiger partial charge in [0.25, 0.3) is 16.7 Å². The maximum absolute atomic E-state index is 12.7. The average molecular weight is 966 g/mol. The summed E-state index contributed by atoms with van der Waals surface area (Å²) >= 11 is 0. The van der Waals surface area contributed by atoms with Crippen LogP contribution >= 0.6 is 0 Å². The Morgan fingerprint density at radius 2 is 1.00 bits per heavy atom. The summed E-state index contributed by atoms with van der Waals surface area (Å²) in [5.74, 6) is -2.49. The predicted octanol–water partition coefficient (Wildman–Crippen LogP) is 4.76. The Morgan fingerprint density at radius 3 is 1.37 bits per heavy atom. The minimum atomic E-state index is -5.06. The SMILES string of the molecule is CCC1(CC)O[C@@H](n2cc(C)c(=O)[nH]c2=O)[C@@H](N)C1C.CCC1(CC)O[C@@H](n2cc(C)c(=O)[nH]c2=O)[C@@H](N=[N+]=[N-])C1C.CCC1(CC)O[C@@H](n2cc(C)c(=O)[nH]c2=O)[C@@H](NC(=O)C(F)(F)F)C1C. The standard InChI is InChI=1S/C16H22F3N3O4.C14H21N5O3.C14H23N3O3/c1-5-15(6-2)9(4)10(20-13(24)16(17,18)19)12(26-15)22-7-8(3)11(23)21-14(22)25;1-5-14(6-2)9(4)10(17-18-15)12(22-14)19-7-8(3)11(20)16-13(19)21;1-5-14(6-2)9(4)10(15)12(20-14)17-7-8(3)11(18)16-13(17)19/h7,9-10,12H,5-6H2,1-4H3,(H,20,24)(H,21,23,25);7,9-10,12H,5-6H2,1-4H3,(H,16,20,21);7,9-10,12H,5-6,15H2,1-4H3,(H,16,18,19)/t3*9?,10-,12+/m000/s1. The van der Waals surface area contributed by atoms with E-state index in [0.29, 0.717) is 24.0 Å². The molecule has 3 aliphatic heterocycles. The smallest absolute Gasteiger partial charge is 0.351 e. The van der Waals surface area contributed by atoms with Crippen LogP contribution in [0.4, 0.5) is 13.2 Å². The molecule has 9 atom stereocenters. The summed E-state index contributed by atoms with van der Waals surface area (Å²) in [5, 5.41) is 5.81. The van der Waals surface area contributed by atoms with E-state index in [-0.39, 0.29) is 34.6 Å². The number of carbonyl (C=O) groups is 1. The first kappa shape index (κ1) is 55.0. The van der Waals surface area contributed by atoms with E-state index >= 15 is 0 Å². The molecule has 3 saturated heterocycles. The van der Waals surface area contributed by atoms with Crippen LogP contribution in [-0.2, 0) is 19.0 Å². The quantitative estimate of drug-likeness (QED) is 0.0992. The van der Waals surface area contributed by atoms with E-state index in [1.54, 1.807) is 20.8 Å². The first-order valence-corrected chi connectivity index (χ1v) is 22.9. The third kappa shape index (κ3) is 10.5. The molecule has 0 spiro atoms. The van der Waals surface area contributed by atoms with Gasteiger partial charge in [0, 0.05) is 52.0 Å². The Balaban J connectivity index is 0.000000224. The van der Waals surface area contributed by atoms with E-state index < -0.39 is 88.2 Å². The summed E-state index contributed by atoms with van der Waals surface area (Å²) in [7, 11) is 0. The van der Waals surface area contributed by atoms with Crippen LogP contribution in [0, 0.1) is 38.5 Å². The van der Waals surface area contributed by atoms with Crippen molar-refractivity contribution < 1.29 is 32.2 Å². The molecule has 6 rings (SSSR count). The largest absolute Gasteiger partial charge is 0.471 e. The van der Waals surface area contributed by atoms with Crippen LogP contribution in [0.3, 0.4) is 0 Å². The van der Waals surface area contributed by atoms with Crippen LogP contribution < -0.4 is 44.8 Å². The number of aromatic nitrogens is 6. The van der Waals surface area contributed by atoms with Crippen molar-refractivity contribution in [3.05, 3.63) is 108 Å². The molecule has 24 heteroatoms. The van der Waals surface area contributed by atoms with Gasteiger partial charge in [-0.05, 0) is 70.7 Å². The second-order valence-corrected chi connectivity index (χ2v) is 17.9. The Kier molecular flexibility index (Phi) is 17.3. The number of aromatic amines is 3. The molecule has 3 fully saturated rings. The molecule has 68 heavy (non-hydrogen) atoms. The van der Waals surface area contributed by atoms with E-state index in [4.69, 9.17) is 25.5 Å². The molecular formula is C44H66F3N11O10. The van der Waals surface area contributed by atoms with E-state index in [1.807, 2.05) is 39.9 Å². The molecule has 378 valence electrons. The van der Waals surface area contributed by atoms with Gasteiger partial charge in [-0.1, -0.05) is 67.4 Å². The maximum Gasteiger partial charge on any atom is 0.471 e. The van der Waals surface area contributed by atoms with Gasteiger partial charge in [-0.3, -0.25) is 47.8 Å². The fourth-order valence-corrected chi connectivity index (χ4v) is 9.84. The van der Waals surface area contributed by atoms with Gasteiger partial charge >= 0.3 is 29.2 Å². The first-order valence-electron chi connectivity index (χ1n) is 22.9. The fourth-order valence-electron chi connectivity index (χ4n) is 9.84. The van der Waals surface area contributed by atoms with Gasteiger partial charge < -0.3 is 25.3 Å². The topological polar surface area (TPSA) is 296 Å². The maximum atomic E-state index is 12.7. The molecule has 0 radical (unpaired) electrons. The lowest BCUT2D eigenvalue weighted by Crippen LogP contribution is -2.50.